The van der Waals surface area contributed by atoms with Crippen molar-refractivity contribution in [3.8, 4) is 5.75 Å². The normalized spacial score (nSPS) is 20.5. The van der Waals surface area contributed by atoms with E-state index in [9.17, 15) is 9.90 Å². The average Bonchev–Trinajstić information content (AvgIpc) is 2.29. The minimum absolute atomic E-state index is 0.172. The number of rotatable bonds is 2. The van der Waals surface area contributed by atoms with Gasteiger partial charge in [-0.05, 0) is 38.7 Å². The van der Waals surface area contributed by atoms with Crippen LogP contribution in [-0.4, -0.2) is 36.1 Å². The molecule has 0 spiro atoms. The van der Waals surface area contributed by atoms with Crippen molar-refractivity contribution in [1.82, 2.24) is 4.90 Å². The van der Waals surface area contributed by atoms with Crippen molar-refractivity contribution in [2.75, 3.05) is 19.4 Å². The molecule has 2 unspecified atom stereocenters. The number of benzene rings is 1. The fourth-order valence-corrected chi connectivity index (χ4v) is 1.69. The lowest BCUT2D eigenvalue weighted by molar-refractivity contribution is -0.122. The standard InChI is InChI=1S/C12H16N2O3/c1-7-11(15)13-9-6-8(12(16)14(2)3)4-5-10(9)17-7/h4-7,12,16H,1-3H3,(H,13,15). The van der Waals surface area contributed by atoms with Crippen molar-refractivity contribution in [1.29, 1.82) is 0 Å². The highest BCUT2D eigenvalue weighted by molar-refractivity contribution is 5.97. The fourth-order valence-electron chi connectivity index (χ4n) is 1.69. The van der Waals surface area contributed by atoms with E-state index in [4.69, 9.17) is 4.74 Å². The molecule has 1 heterocycles. The van der Waals surface area contributed by atoms with Gasteiger partial charge >= 0.3 is 0 Å². The van der Waals surface area contributed by atoms with E-state index in [1.165, 1.54) is 0 Å². The topological polar surface area (TPSA) is 61.8 Å². The summed E-state index contributed by atoms with van der Waals surface area (Å²) in [5.41, 5.74) is 1.32. The molecule has 0 aromatic heterocycles. The molecule has 17 heavy (non-hydrogen) atoms. The van der Waals surface area contributed by atoms with E-state index in [0.29, 0.717) is 17.0 Å². The molecule has 0 bridgehead atoms. The first-order valence-corrected chi connectivity index (χ1v) is 5.45. The third-order valence-corrected chi connectivity index (χ3v) is 2.72. The van der Waals surface area contributed by atoms with Gasteiger partial charge in [-0.15, -0.1) is 0 Å². The Labute approximate surface area is 100.0 Å². The lowest BCUT2D eigenvalue weighted by Gasteiger charge is -2.25. The molecule has 0 aliphatic carbocycles. The summed E-state index contributed by atoms with van der Waals surface area (Å²) in [6.45, 7) is 1.70. The van der Waals surface area contributed by atoms with Crippen molar-refractivity contribution in [3.63, 3.8) is 0 Å². The summed E-state index contributed by atoms with van der Waals surface area (Å²) in [5.74, 6) is 0.459. The van der Waals surface area contributed by atoms with Gasteiger partial charge in [0.2, 0.25) is 0 Å². The van der Waals surface area contributed by atoms with Crippen molar-refractivity contribution in [2.24, 2.45) is 0 Å². The molecule has 2 atom stereocenters. The molecule has 0 fully saturated rings. The molecule has 1 aromatic carbocycles. The Bertz CT molecular complexity index is 445. The third-order valence-electron chi connectivity index (χ3n) is 2.72. The van der Waals surface area contributed by atoms with Crippen LogP contribution >= 0.6 is 0 Å². The Balaban J connectivity index is 2.32. The van der Waals surface area contributed by atoms with Crippen LogP contribution in [0.2, 0.25) is 0 Å². The lowest BCUT2D eigenvalue weighted by Crippen LogP contribution is -2.34. The van der Waals surface area contributed by atoms with E-state index in [0.717, 1.165) is 0 Å². The Morgan fingerprint density at radius 3 is 2.82 bits per heavy atom. The molecule has 2 rings (SSSR count). The molecule has 1 aliphatic rings. The van der Waals surface area contributed by atoms with E-state index in [1.54, 1.807) is 44.1 Å². The number of fused-ring (bicyclic) bond motifs is 1. The number of ether oxygens (including phenoxy) is 1. The zero-order valence-electron chi connectivity index (χ0n) is 10.1. The van der Waals surface area contributed by atoms with Crippen LogP contribution in [0, 0.1) is 0 Å². The molecule has 1 aliphatic heterocycles. The zero-order chi connectivity index (χ0) is 12.6. The Hall–Kier alpha value is -1.59. The molecule has 0 radical (unpaired) electrons. The van der Waals surface area contributed by atoms with Crippen LogP contribution in [0.5, 0.6) is 5.75 Å². The third kappa shape index (κ3) is 2.25. The largest absolute Gasteiger partial charge is 0.479 e. The summed E-state index contributed by atoms with van der Waals surface area (Å²) < 4.78 is 5.43. The highest BCUT2D eigenvalue weighted by atomic mass is 16.5. The maximum atomic E-state index is 11.5. The predicted molar refractivity (Wildman–Crippen MR) is 63.8 cm³/mol. The van der Waals surface area contributed by atoms with Crippen molar-refractivity contribution < 1.29 is 14.6 Å². The van der Waals surface area contributed by atoms with Crippen LogP contribution in [0.4, 0.5) is 5.69 Å². The highest BCUT2D eigenvalue weighted by Gasteiger charge is 2.24. The SMILES string of the molecule is CC1Oc2ccc(C(O)N(C)C)cc2NC1=O. The number of nitrogens with one attached hydrogen (secondary N) is 1. The van der Waals surface area contributed by atoms with E-state index >= 15 is 0 Å². The van der Waals surface area contributed by atoms with Gasteiger partial charge < -0.3 is 15.2 Å². The fraction of sp³-hybridized carbons (Fsp3) is 0.417. The molecule has 5 nitrogen and oxygen atoms in total. The van der Waals surface area contributed by atoms with Crippen molar-refractivity contribution in [2.45, 2.75) is 19.3 Å². The van der Waals surface area contributed by atoms with Gasteiger partial charge in [-0.25, -0.2) is 0 Å². The summed E-state index contributed by atoms with van der Waals surface area (Å²) >= 11 is 0. The van der Waals surface area contributed by atoms with E-state index in [2.05, 4.69) is 5.32 Å². The van der Waals surface area contributed by atoms with Gasteiger partial charge in [0.15, 0.2) is 6.10 Å². The molecule has 92 valence electrons. The number of hydrogen-bond donors (Lipinski definition) is 2. The van der Waals surface area contributed by atoms with Crippen LogP contribution in [0.15, 0.2) is 18.2 Å². The predicted octanol–water partition coefficient (Wildman–Crippen LogP) is 0.958. The quantitative estimate of drug-likeness (QED) is 0.751. The van der Waals surface area contributed by atoms with Gasteiger partial charge in [-0.2, -0.15) is 0 Å². The highest BCUT2D eigenvalue weighted by Crippen LogP contribution is 2.32. The summed E-state index contributed by atoms with van der Waals surface area (Å²) in [7, 11) is 3.56. The zero-order valence-corrected chi connectivity index (χ0v) is 10.1. The number of carbonyl (C=O) groups is 1. The molecular weight excluding hydrogens is 220 g/mol. The van der Waals surface area contributed by atoms with Gasteiger partial charge in [0.05, 0.1) is 5.69 Å². The summed E-state index contributed by atoms with van der Waals surface area (Å²) in [4.78, 5) is 13.1. The van der Waals surface area contributed by atoms with Gasteiger partial charge in [-0.3, -0.25) is 9.69 Å². The maximum Gasteiger partial charge on any atom is 0.265 e. The number of hydrogen-bond acceptors (Lipinski definition) is 4. The van der Waals surface area contributed by atoms with E-state index in [-0.39, 0.29) is 5.91 Å². The van der Waals surface area contributed by atoms with Crippen LogP contribution in [-0.2, 0) is 4.79 Å². The first-order valence-electron chi connectivity index (χ1n) is 5.45. The minimum atomic E-state index is -0.698. The first kappa shape index (κ1) is 11.9. The Morgan fingerprint density at radius 1 is 1.47 bits per heavy atom. The second-order valence-corrected chi connectivity index (χ2v) is 4.34. The first-order chi connectivity index (χ1) is 7.99. The van der Waals surface area contributed by atoms with Crippen LogP contribution in [0.25, 0.3) is 0 Å². The van der Waals surface area contributed by atoms with Gasteiger partial charge in [0.1, 0.15) is 12.0 Å². The Kier molecular flexibility index (Phi) is 3.04. The minimum Gasteiger partial charge on any atom is -0.479 e. The number of aliphatic hydroxyl groups excluding tert-OH is 1. The molecule has 2 N–H and O–H groups in total. The number of anilines is 1. The Morgan fingerprint density at radius 2 is 2.18 bits per heavy atom. The maximum absolute atomic E-state index is 11.5. The second kappa shape index (κ2) is 4.35. The monoisotopic (exact) mass is 236 g/mol. The lowest BCUT2D eigenvalue weighted by atomic mass is 10.1. The number of aliphatic hydroxyl groups is 1. The van der Waals surface area contributed by atoms with Gasteiger partial charge in [0, 0.05) is 0 Å². The molecule has 1 amide bonds. The molecule has 0 saturated carbocycles. The second-order valence-electron chi connectivity index (χ2n) is 4.34. The average molecular weight is 236 g/mol. The van der Waals surface area contributed by atoms with Gasteiger partial charge in [0.25, 0.3) is 5.91 Å². The summed E-state index contributed by atoms with van der Waals surface area (Å²) in [6.07, 6.45) is -1.18. The molecule has 1 aromatic rings. The molecular formula is C12H16N2O3. The van der Waals surface area contributed by atoms with Crippen molar-refractivity contribution >= 4 is 11.6 Å². The number of nitrogens with zero attached hydrogens (tertiary/aromatic N) is 1. The van der Waals surface area contributed by atoms with E-state index in [1.807, 2.05) is 0 Å². The van der Waals surface area contributed by atoms with Crippen molar-refractivity contribution in [3.05, 3.63) is 23.8 Å². The van der Waals surface area contributed by atoms with Crippen LogP contribution < -0.4 is 10.1 Å². The number of carbonyl (C=O) groups excluding carboxylic acids is 1. The summed E-state index contributed by atoms with van der Waals surface area (Å²) in [6, 6.07) is 5.27. The van der Waals surface area contributed by atoms with Crippen LogP contribution in [0.1, 0.15) is 18.7 Å². The number of amides is 1. The summed E-state index contributed by atoms with van der Waals surface area (Å²) in [5, 5.41) is 12.6. The van der Waals surface area contributed by atoms with E-state index < -0.39 is 12.3 Å². The smallest absolute Gasteiger partial charge is 0.265 e. The molecule has 0 saturated heterocycles. The van der Waals surface area contributed by atoms with Gasteiger partial charge in [-0.1, -0.05) is 6.07 Å². The van der Waals surface area contributed by atoms with Crippen LogP contribution in [0.3, 0.4) is 0 Å². The molecule has 5 heteroatoms.